The zero-order valence-corrected chi connectivity index (χ0v) is 18.0. The first-order chi connectivity index (χ1) is 15.8. The van der Waals surface area contributed by atoms with Crippen LogP contribution in [-0.4, -0.2) is 31.8 Å². The second-order valence-corrected chi connectivity index (χ2v) is 8.65. The molecule has 0 saturated carbocycles. The highest BCUT2D eigenvalue weighted by Gasteiger charge is 2.55. The van der Waals surface area contributed by atoms with Gasteiger partial charge in [-0.1, -0.05) is 48.5 Å². The van der Waals surface area contributed by atoms with E-state index in [0.29, 0.717) is 21.4 Å². The number of aliphatic hydroxyl groups is 1. The van der Waals surface area contributed by atoms with Crippen LogP contribution in [0.25, 0.3) is 27.5 Å². The molecule has 33 heavy (non-hydrogen) atoms. The Balaban J connectivity index is 1.48. The molecular weight excluding hydrogens is 447 g/mol. The first kappa shape index (κ1) is 21.5. The third-order valence-electron chi connectivity index (χ3n) is 5.52. The molecule has 0 aliphatic rings. The quantitative estimate of drug-likeness (QED) is 0.318. The Morgan fingerprint density at radius 2 is 1.61 bits per heavy atom. The Bertz CT molecular complexity index is 1440. The fourth-order valence-corrected chi connectivity index (χ4v) is 4.71. The molecule has 0 spiro atoms. The molecule has 5 aromatic rings. The molecule has 0 radical (unpaired) electrons. The smallest absolute Gasteiger partial charge is 0.376 e. The van der Waals surface area contributed by atoms with Crippen LogP contribution in [0.4, 0.5) is 13.2 Å². The van der Waals surface area contributed by atoms with Gasteiger partial charge in [-0.25, -0.2) is 9.67 Å². The van der Waals surface area contributed by atoms with Crippen LogP contribution in [0.1, 0.15) is 5.56 Å². The van der Waals surface area contributed by atoms with Gasteiger partial charge >= 0.3 is 6.18 Å². The maximum absolute atomic E-state index is 14.1. The summed E-state index contributed by atoms with van der Waals surface area (Å²) in [7, 11) is 0. The van der Waals surface area contributed by atoms with Crippen molar-refractivity contribution in [1.82, 2.24) is 14.8 Å². The second-order valence-electron chi connectivity index (χ2n) is 7.65. The summed E-state index contributed by atoms with van der Waals surface area (Å²) in [5.74, 6) is -0.625. The predicted molar refractivity (Wildman–Crippen MR) is 123 cm³/mol. The summed E-state index contributed by atoms with van der Waals surface area (Å²) in [6.07, 6.45) is -3.37. The summed E-state index contributed by atoms with van der Waals surface area (Å²) in [6, 6.07) is 24.4. The van der Waals surface area contributed by atoms with Crippen LogP contribution >= 0.6 is 11.8 Å². The lowest BCUT2D eigenvalue weighted by Crippen LogP contribution is -2.44. The predicted octanol–water partition coefficient (Wildman–Crippen LogP) is 6.12. The van der Waals surface area contributed by atoms with Gasteiger partial charge in [0.25, 0.3) is 0 Å². The first-order valence-electron chi connectivity index (χ1n) is 10.2. The van der Waals surface area contributed by atoms with Crippen LogP contribution in [0.5, 0.6) is 0 Å². The number of fused-ring (bicyclic) bond motifs is 2. The minimum absolute atomic E-state index is 0.233. The zero-order chi connectivity index (χ0) is 23.1. The largest absolute Gasteiger partial charge is 0.422 e. The molecule has 0 aliphatic heterocycles. The lowest BCUT2D eigenvalue weighted by Gasteiger charge is -2.30. The summed E-state index contributed by atoms with van der Waals surface area (Å²) < 4.78 is 44.0. The lowest BCUT2D eigenvalue weighted by atomic mass is 9.94. The van der Waals surface area contributed by atoms with Gasteiger partial charge < -0.3 is 5.11 Å². The third kappa shape index (κ3) is 3.96. The Kier molecular flexibility index (Phi) is 5.34. The Morgan fingerprint density at radius 1 is 0.848 bits per heavy atom. The third-order valence-corrected chi connectivity index (χ3v) is 6.60. The average molecular weight is 466 g/mol. The van der Waals surface area contributed by atoms with Gasteiger partial charge in [-0.3, -0.25) is 0 Å². The van der Waals surface area contributed by atoms with Crippen LogP contribution in [0.15, 0.2) is 96.2 Å². The molecule has 1 unspecified atom stereocenters. The highest BCUT2D eigenvalue weighted by molar-refractivity contribution is 7.99. The highest BCUT2D eigenvalue weighted by atomic mass is 32.2. The minimum atomic E-state index is -4.88. The molecule has 2 aromatic heterocycles. The molecule has 1 atom stereocenters. The maximum Gasteiger partial charge on any atom is 0.422 e. The number of hydrogen-bond donors (Lipinski definition) is 1. The van der Waals surface area contributed by atoms with Gasteiger partial charge in [-0.2, -0.15) is 18.3 Å². The summed E-state index contributed by atoms with van der Waals surface area (Å²) in [5, 5.41) is 17.0. The number of thioether (sulfide) groups is 1. The van der Waals surface area contributed by atoms with E-state index in [-0.39, 0.29) is 5.56 Å². The minimum Gasteiger partial charge on any atom is -0.376 e. The van der Waals surface area contributed by atoms with Crippen molar-refractivity contribution in [2.45, 2.75) is 16.8 Å². The maximum atomic E-state index is 14.1. The van der Waals surface area contributed by atoms with Crippen molar-refractivity contribution in [2.75, 3.05) is 5.75 Å². The average Bonchev–Trinajstić information content (AvgIpc) is 3.25. The van der Waals surface area contributed by atoms with E-state index in [2.05, 4.69) is 10.1 Å². The van der Waals surface area contributed by atoms with Crippen molar-refractivity contribution in [3.05, 3.63) is 96.7 Å². The molecule has 0 saturated heterocycles. The number of hydrogen-bond acceptors (Lipinski definition) is 4. The van der Waals surface area contributed by atoms with E-state index in [1.807, 2.05) is 48.5 Å². The van der Waals surface area contributed by atoms with E-state index in [9.17, 15) is 18.3 Å². The number of benzene rings is 3. The topological polar surface area (TPSA) is 50.9 Å². The van der Waals surface area contributed by atoms with E-state index in [0.717, 1.165) is 22.8 Å². The van der Waals surface area contributed by atoms with Crippen LogP contribution in [0.2, 0.25) is 0 Å². The molecule has 3 aromatic carbocycles. The highest BCUT2D eigenvalue weighted by Crippen LogP contribution is 2.43. The summed E-state index contributed by atoms with van der Waals surface area (Å²) in [6.45, 7) is 0. The molecule has 1 N–H and O–H groups in total. The van der Waals surface area contributed by atoms with Crippen molar-refractivity contribution in [2.24, 2.45) is 0 Å². The number of pyridine rings is 1. The summed E-state index contributed by atoms with van der Waals surface area (Å²) in [5.41, 5.74) is -1.15. The number of aromatic nitrogens is 3. The van der Waals surface area contributed by atoms with Crippen molar-refractivity contribution in [3.8, 4) is 5.69 Å². The molecule has 2 heterocycles. The molecule has 0 bridgehead atoms. The number of nitrogens with zero attached hydrogens (tertiary/aromatic N) is 3. The Hall–Kier alpha value is -3.36. The van der Waals surface area contributed by atoms with Crippen LogP contribution in [0.3, 0.4) is 0 Å². The van der Waals surface area contributed by atoms with Crippen molar-refractivity contribution >= 4 is 33.6 Å². The van der Waals surface area contributed by atoms with E-state index in [1.54, 1.807) is 28.9 Å². The molecular formula is C25H18F3N3OS. The Morgan fingerprint density at radius 3 is 2.39 bits per heavy atom. The second kappa shape index (κ2) is 8.20. The number of para-hydroxylation sites is 2. The molecule has 0 amide bonds. The summed E-state index contributed by atoms with van der Waals surface area (Å²) in [4.78, 5) is 4.41. The standard InChI is InChI=1S/C25H18F3N3OS/c26-25(27,28)24(32,16-33-23-13-10-17-6-4-5-9-21(17)30-23)19-11-12-22-18(14-19)15-29-31(22)20-7-2-1-3-8-20/h1-15,32H,16H2. The lowest BCUT2D eigenvalue weighted by molar-refractivity contribution is -0.256. The van der Waals surface area contributed by atoms with Crippen molar-refractivity contribution in [1.29, 1.82) is 0 Å². The van der Waals surface area contributed by atoms with Crippen molar-refractivity contribution < 1.29 is 18.3 Å². The van der Waals surface area contributed by atoms with Gasteiger partial charge in [-0.05, 0) is 42.0 Å². The van der Waals surface area contributed by atoms with Gasteiger partial charge in [0.05, 0.1) is 27.9 Å². The van der Waals surface area contributed by atoms with Gasteiger partial charge in [0.15, 0.2) is 5.60 Å². The van der Waals surface area contributed by atoms with Crippen LogP contribution < -0.4 is 0 Å². The van der Waals surface area contributed by atoms with E-state index in [4.69, 9.17) is 0 Å². The van der Waals surface area contributed by atoms with Gasteiger partial charge in [-0.15, -0.1) is 11.8 Å². The van der Waals surface area contributed by atoms with Crippen molar-refractivity contribution in [3.63, 3.8) is 0 Å². The van der Waals surface area contributed by atoms with Crippen LogP contribution in [0, 0.1) is 0 Å². The Labute approximate surface area is 191 Å². The molecule has 166 valence electrons. The van der Waals surface area contributed by atoms with E-state index in [1.165, 1.54) is 18.3 Å². The number of halogens is 3. The monoisotopic (exact) mass is 465 g/mol. The van der Waals surface area contributed by atoms with Gasteiger partial charge in [0.2, 0.25) is 0 Å². The molecule has 5 rings (SSSR count). The van der Waals surface area contributed by atoms with Crippen LogP contribution in [-0.2, 0) is 5.60 Å². The molecule has 8 heteroatoms. The van der Waals surface area contributed by atoms with Gasteiger partial charge in [0, 0.05) is 16.5 Å². The normalized spacial score (nSPS) is 13.9. The zero-order valence-electron chi connectivity index (χ0n) is 17.2. The van der Waals surface area contributed by atoms with E-state index >= 15 is 0 Å². The number of rotatable bonds is 5. The fraction of sp³-hybridized carbons (Fsp3) is 0.120. The molecule has 4 nitrogen and oxygen atoms in total. The van der Waals surface area contributed by atoms with Gasteiger partial charge in [0.1, 0.15) is 0 Å². The van der Waals surface area contributed by atoms with E-state index < -0.39 is 17.5 Å². The fourth-order valence-electron chi connectivity index (χ4n) is 3.70. The first-order valence-corrected chi connectivity index (χ1v) is 11.2. The SMILES string of the molecule is OC(CSc1ccc2ccccc2n1)(c1ccc2c(cnn2-c2ccccc2)c1)C(F)(F)F. The summed E-state index contributed by atoms with van der Waals surface area (Å²) >= 11 is 0.869. The number of alkyl halides is 3. The molecule has 0 aliphatic carbocycles. The molecule has 0 fully saturated rings.